The Bertz CT molecular complexity index is 717. The van der Waals surface area contributed by atoms with Gasteiger partial charge in [-0.3, -0.25) is 4.68 Å². The van der Waals surface area contributed by atoms with Crippen molar-refractivity contribution in [2.24, 2.45) is 7.05 Å². The van der Waals surface area contributed by atoms with E-state index in [1.807, 2.05) is 6.92 Å². The zero-order chi connectivity index (χ0) is 18.6. The Kier molecular flexibility index (Phi) is 6.02. The Labute approximate surface area is 142 Å². The van der Waals surface area contributed by atoms with Crippen molar-refractivity contribution in [2.75, 3.05) is 19.0 Å². The number of amides is 2. The molecule has 0 aliphatic heterocycles. The summed E-state index contributed by atoms with van der Waals surface area (Å²) in [5, 5.41) is 9.81. The van der Waals surface area contributed by atoms with E-state index in [4.69, 9.17) is 9.26 Å². The maximum Gasteiger partial charge on any atom is 0.322 e. The van der Waals surface area contributed by atoms with Crippen LogP contribution in [0.15, 0.2) is 10.7 Å². The van der Waals surface area contributed by atoms with Crippen molar-refractivity contribution in [3.63, 3.8) is 0 Å². The van der Waals surface area contributed by atoms with E-state index in [0.29, 0.717) is 12.4 Å². The predicted molar refractivity (Wildman–Crippen MR) is 83.0 cm³/mol. The van der Waals surface area contributed by atoms with Crippen molar-refractivity contribution >= 4 is 11.7 Å². The highest BCUT2D eigenvalue weighted by atomic mass is 19.3. The number of ether oxygens (including phenoxy) is 1. The first-order chi connectivity index (χ1) is 11.8. The van der Waals surface area contributed by atoms with Crippen molar-refractivity contribution in [1.29, 1.82) is 0 Å². The van der Waals surface area contributed by atoms with E-state index in [2.05, 4.69) is 20.6 Å². The number of nitrogens with zero attached hydrogens (tertiary/aromatic N) is 5. The molecule has 0 saturated carbocycles. The van der Waals surface area contributed by atoms with Gasteiger partial charge in [-0.1, -0.05) is 5.16 Å². The second-order valence-electron chi connectivity index (χ2n) is 5.33. The number of anilines is 1. The summed E-state index contributed by atoms with van der Waals surface area (Å²) in [6, 6.07) is -0.604. The molecule has 1 atom stereocenters. The molecule has 0 aliphatic carbocycles. The number of halogens is 2. The van der Waals surface area contributed by atoms with Gasteiger partial charge in [0.1, 0.15) is 12.6 Å². The van der Waals surface area contributed by atoms with Gasteiger partial charge in [0.15, 0.2) is 11.5 Å². The molecule has 0 aromatic carbocycles. The molecule has 25 heavy (non-hydrogen) atoms. The number of alkyl halides is 2. The fourth-order valence-corrected chi connectivity index (χ4v) is 2.07. The van der Waals surface area contributed by atoms with Crippen LogP contribution in [0.1, 0.15) is 43.8 Å². The van der Waals surface area contributed by atoms with Gasteiger partial charge in [0.05, 0.1) is 5.69 Å². The molecule has 1 unspecified atom stereocenters. The average Bonchev–Trinajstić information content (AvgIpc) is 3.14. The molecule has 2 heterocycles. The quantitative estimate of drug-likeness (QED) is 0.816. The summed E-state index contributed by atoms with van der Waals surface area (Å²) >= 11 is 0. The highest BCUT2D eigenvalue weighted by Crippen LogP contribution is 2.25. The van der Waals surface area contributed by atoms with E-state index >= 15 is 0 Å². The van der Waals surface area contributed by atoms with Crippen LogP contribution in [0.4, 0.5) is 19.3 Å². The van der Waals surface area contributed by atoms with Crippen LogP contribution >= 0.6 is 0 Å². The largest absolute Gasteiger partial charge is 0.371 e. The minimum absolute atomic E-state index is 0.0158. The molecule has 11 heteroatoms. The smallest absolute Gasteiger partial charge is 0.322 e. The summed E-state index contributed by atoms with van der Waals surface area (Å²) < 4.78 is 37.4. The molecule has 2 amide bonds. The van der Waals surface area contributed by atoms with Crippen LogP contribution in [0, 0.1) is 0 Å². The van der Waals surface area contributed by atoms with E-state index in [-0.39, 0.29) is 24.2 Å². The van der Waals surface area contributed by atoms with Crippen LogP contribution in [0.5, 0.6) is 0 Å². The van der Waals surface area contributed by atoms with Crippen molar-refractivity contribution in [1.82, 2.24) is 24.8 Å². The molecular formula is C14H20F2N6O3. The van der Waals surface area contributed by atoms with Crippen molar-refractivity contribution < 1.29 is 22.8 Å². The molecule has 1 N–H and O–H groups in total. The minimum Gasteiger partial charge on any atom is -0.371 e. The molecule has 2 aromatic rings. The number of hydrogen-bond acceptors (Lipinski definition) is 6. The molecule has 2 aromatic heterocycles. The highest BCUT2D eigenvalue weighted by Gasteiger charge is 2.22. The fourth-order valence-electron chi connectivity index (χ4n) is 2.07. The summed E-state index contributed by atoms with van der Waals surface area (Å²) in [7, 11) is 2.97. The lowest BCUT2D eigenvalue weighted by molar-refractivity contribution is 0.0683. The number of aromatic nitrogens is 4. The van der Waals surface area contributed by atoms with Gasteiger partial charge >= 0.3 is 6.03 Å². The third-order valence-corrected chi connectivity index (χ3v) is 3.29. The third kappa shape index (κ3) is 4.72. The molecule has 2 rings (SSSR count). The molecule has 0 aliphatic rings. The van der Waals surface area contributed by atoms with Gasteiger partial charge in [-0.25, -0.2) is 13.6 Å². The Morgan fingerprint density at radius 3 is 2.88 bits per heavy atom. The normalized spacial score (nSPS) is 12.4. The zero-order valence-electron chi connectivity index (χ0n) is 14.4. The summed E-state index contributed by atoms with van der Waals surface area (Å²) in [6.45, 7) is 4.15. The SMILES string of the molecule is CCOC(C)c1noc(CN(C)C(=O)Nc2cn(C)nc2C(F)F)n1. The number of hydrogen-bond donors (Lipinski definition) is 1. The molecule has 0 spiro atoms. The Morgan fingerprint density at radius 1 is 1.52 bits per heavy atom. The van der Waals surface area contributed by atoms with Crippen molar-refractivity contribution in [3.05, 3.63) is 23.6 Å². The lowest BCUT2D eigenvalue weighted by Gasteiger charge is -2.15. The summed E-state index contributed by atoms with van der Waals surface area (Å²) in [5.74, 6) is 0.581. The topological polar surface area (TPSA) is 98.3 Å². The van der Waals surface area contributed by atoms with E-state index in [1.54, 1.807) is 6.92 Å². The van der Waals surface area contributed by atoms with Gasteiger partial charge < -0.3 is 19.5 Å². The van der Waals surface area contributed by atoms with E-state index in [9.17, 15) is 13.6 Å². The molecule has 0 bridgehead atoms. The minimum atomic E-state index is -2.79. The van der Waals surface area contributed by atoms with Crippen molar-refractivity contribution in [3.8, 4) is 0 Å². The van der Waals surface area contributed by atoms with E-state index in [1.165, 1.54) is 29.9 Å². The summed E-state index contributed by atoms with van der Waals surface area (Å²) in [5.41, 5.74) is -0.541. The number of carbonyl (C=O) groups is 1. The first kappa shape index (κ1) is 18.8. The van der Waals surface area contributed by atoms with Crippen LogP contribution in [0.2, 0.25) is 0 Å². The van der Waals surface area contributed by atoms with Crippen LogP contribution in [-0.2, 0) is 18.3 Å². The zero-order valence-corrected chi connectivity index (χ0v) is 14.4. The number of carbonyl (C=O) groups excluding carboxylic acids is 1. The molecule has 138 valence electrons. The Hall–Kier alpha value is -2.56. The monoisotopic (exact) mass is 358 g/mol. The lowest BCUT2D eigenvalue weighted by Crippen LogP contribution is -2.31. The van der Waals surface area contributed by atoms with E-state index in [0.717, 1.165) is 0 Å². The maximum absolute atomic E-state index is 12.9. The predicted octanol–water partition coefficient (Wildman–Crippen LogP) is 2.50. The van der Waals surface area contributed by atoms with E-state index < -0.39 is 18.2 Å². The summed E-state index contributed by atoms with van der Waals surface area (Å²) in [4.78, 5) is 17.5. The van der Waals surface area contributed by atoms with Gasteiger partial charge in [-0.15, -0.1) is 0 Å². The van der Waals surface area contributed by atoms with Crippen LogP contribution < -0.4 is 5.32 Å². The number of rotatable bonds is 7. The molecule has 0 saturated heterocycles. The second kappa shape index (κ2) is 8.01. The molecule has 0 radical (unpaired) electrons. The van der Waals surface area contributed by atoms with Gasteiger partial charge in [0, 0.05) is 26.9 Å². The molecule has 9 nitrogen and oxygen atoms in total. The standard InChI is InChI=1S/C14H20F2N6O3/c1-5-24-8(2)13-18-10(25-20-13)7-21(3)14(23)17-9-6-22(4)19-11(9)12(15)16/h6,8,12H,5,7H2,1-4H3,(H,17,23). The lowest BCUT2D eigenvalue weighted by atomic mass is 10.4. The van der Waals surface area contributed by atoms with Crippen LogP contribution in [-0.4, -0.2) is 44.5 Å². The number of urea groups is 1. The van der Waals surface area contributed by atoms with Crippen LogP contribution in [0.3, 0.4) is 0 Å². The average molecular weight is 358 g/mol. The van der Waals surface area contributed by atoms with Crippen LogP contribution in [0.25, 0.3) is 0 Å². The third-order valence-electron chi connectivity index (χ3n) is 3.29. The highest BCUT2D eigenvalue weighted by molar-refractivity contribution is 5.89. The number of aryl methyl sites for hydroxylation is 1. The molecular weight excluding hydrogens is 338 g/mol. The molecule has 0 fully saturated rings. The number of nitrogens with one attached hydrogen (secondary N) is 1. The van der Waals surface area contributed by atoms with Crippen molar-refractivity contribution in [2.45, 2.75) is 32.9 Å². The first-order valence-electron chi connectivity index (χ1n) is 7.59. The Balaban J connectivity index is 1.99. The van der Waals surface area contributed by atoms with Gasteiger partial charge in [0.2, 0.25) is 5.89 Å². The fraction of sp³-hybridized carbons (Fsp3) is 0.571. The Morgan fingerprint density at radius 2 is 2.24 bits per heavy atom. The second-order valence-corrected chi connectivity index (χ2v) is 5.33. The summed E-state index contributed by atoms with van der Waals surface area (Å²) in [6.07, 6.45) is -1.81. The first-order valence-corrected chi connectivity index (χ1v) is 7.59. The van der Waals surface area contributed by atoms with Gasteiger partial charge in [-0.05, 0) is 13.8 Å². The maximum atomic E-state index is 12.9. The van der Waals surface area contributed by atoms with Gasteiger partial charge in [0.25, 0.3) is 6.43 Å². The van der Waals surface area contributed by atoms with Gasteiger partial charge in [-0.2, -0.15) is 10.1 Å².